The van der Waals surface area contributed by atoms with Gasteiger partial charge in [0.2, 0.25) is 0 Å². The van der Waals surface area contributed by atoms with Gasteiger partial charge in [-0.1, -0.05) is 42.5 Å². The molecule has 0 spiro atoms. The van der Waals surface area contributed by atoms with Crippen molar-refractivity contribution in [3.8, 4) is 0 Å². The molecule has 2 aromatic heterocycles. The highest BCUT2D eigenvalue weighted by atomic mass is 16.7. The normalized spacial score (nSPS) is 17.1. The molecule has 4 nitrogen and oxygen atoms in total. The first-order chi connectivity index (χ1) is 12.8. The molecule has 4 heteroatoms. The fourth-order valence-electron chi connectivity index (χ4n) is 3.48. The number of aromatic nitrogens is 2. The third-order valence-electron chi connectivity index (χ3n) is 4.74. The average Bonchev–Trinajstić information content (AvgIpc) is 2.71. The maximum Gasteiger partial charge on any atom is 0.183 e. The zero-order valence-electron chi connectivity index (χ0n) is 14.8. The van der Waals surface area contributed by atoms with Crippen molar-refractivity contribution in [1.29, 1.82) is 0 Å². The first-order valence-corrected chi connectivity index (χ1v) is 8.99. The second-order valence-corrected chi connectivity index (χ2v) is 6.96. The number of hydrogen-bond donors (Lipinski definition) is 0. The van der Waals surface area contributed by atoms with Crippen molar-refractivity contribution in [1.82, 2.24) is 0 Å². The summed E-state index contributed by atoms with van der Waals surface area (Å²) in [5.74, 6) is 0. The Hall–Kier alpha value is -2.56. The lowest BCUT2D eigenvalue weighted by molar-refractivity contribution is -0.752. The highest BCUT2D eigenvalue weighted by Gasteiger charge is 2.44. The van der Waals surface area contributed by atoms with E-state index in [2.05, 4.69) is 70.3 Å². The molecule has 0 atom stereocenters. The SMILES string of the molecule is c1ccc(C2OCC(C[n+]3ccccc3)(C[n+]3ccccc3)CO2)cc1. The minimum absolute atomic E-state index is 0.122. The quantitative estimate of drug-likeness (QED) is 0.663. The van der Waals surface area contributed by atoms with Crippen LogP contribution in [0.1, 0.15) is 11.9 Å². The standard InChI is InChI=1S/C22H24N2O2/c1-4-10-20(11-5-1)21-25-18-22(19-26-21,16-23-12-6-2-7-13-23)17-24-14-8-3-9-15-24/h1-15,21H,16-19H2/q+2. The summed E-state index contributed by atoms with van der Waals surface area (Å²) in [6.07, 6.45) is 8.11. The molecule has 3 aromatic rings. The van der Waals surface area contributed by atoms with Crippen LogP contribution in [0.5, 0.6) is 0 Å². The molecule has 132 valence electrons. The first-order valence-electron chi connectivity index (χ1n) is 8.99. The summed E-state index contributed by atoms with van der Waals surface area (Å²) >= 11 is 0. The van der Waals surface area contributed by atoms with Gasteiger partial charge in [0.1, 0.15) is 5.41 Å². The molecule has 0 amide bonds. The van der Waals surface area contributed by atoms with Crippen LogP contribution in [0, 0.1) is 5.41 Å². The maximum atomic E-state index is 6.18. The van der Waals surface area contributed by atoms with E-state index in [-0.39, 0.29) is 11.7 Å². The Morgan fingerprint density at radius 1 is 0.692 bits per heavy atom. The topological polar surface area (TPSA) is 26.2 Å². The van der Waals surface area contributed by atoms with Gasteiger partial charge in [-0.2, -0.15) is 0 Å². The Kier molecular flexibility index (Phi) is 5.04. The number of rotatable bonds is 5. The summed E-state index contributed by atoms with van der Waals surface area (Å²) in [6.45, 7) is 2.99. The van der Waals surface area contributed by atoms with Crippen LogP contribution >= 0.6 is 0 Å². The maximum absolute atomic E-state index is 6.18. The van der Waals surface area contributed by atoms with E-state index in [0.717, 1.165) is 18.7 Å². The highest BCUT2D eigenvalue weighted by molar-refractivity contribution is 5.16. The summed E-state index contributed by atoms with van der Waals surface area (Å²) in [5, 5.41) is 0. The van der Waals surface area contributed by atoms with Crippen LogP contribution in [-0.4, -0.2) is 13.2 Å². The molecule has 1 fully saturated rings. The second kappa shape index (κ2) is 7.77. The molecule has 4 rings (SSSR count). The number of pyridine rings is 2. The summed E-state index contributed by atoms with van der Waals surface area (Å²) < 4.78 is 16.8. The molecule has 1 aliphatic heterocycles. The van der Waals surface area contributed by atoms with Gasteiger partial charge in [0.05, 0.1) is 13.2 Å². The van der Waals surface area contributed by atoms with Crippen LogP contribution in [0.4, 0.5) is 0 Å². The molecule has 0 saturated carbocycles. The van der Waals surface area contributed by atoms with Crippen molar-refractivity contribution in [2.75, 3.05) is 13.2 Å². The number of nitrogens with zero attached hydrogens (tertiary/aromatic N) is 2. The largest absolute Gasteiger partial charge is 0.347 e. The molecule has 0 unspecified atom stereocenters. The fourth-order valence-corrected chi connectivity index (χ4v) is 3.48. The van der Waals surface area contributed by atoms with Gasteiger partial charge in [-0.05, 0) is 0 Å². The zero-order chi connectivity index (χ0) is 17.7. The number of benzene rings is 1. The molecule has 1 saturated heterocycles. The third kappa shape index (κ3) is 3.98. The zero-order valence-corrected chi connectivity index (χ0v) is 14.8. The molecule has 0 aliphatic carbocycles. The minimum atomic E-state index is -0.286. The molecular weight excluding hydrogens is 324 g/mol. The van der Waals surface area contributed by atoms with Gasteiger partial charge >= 0.3 is 0 Å². The monoisotopic (exact) mass is 348 g/mol. The van der Waals surface area contributed by atoms with Gasteiger partial charge in [-0.3, -0.25) is 0 Å². The van der Waals surface area contributed by atoms with Gasteiger partial charge in [-0.15, -0.1) is 0 Å². The Bertz CT molecular complexity index is 758. The predicted molar refractivity (Wildman–Crippen MR) is 96.8 cm³/mol. The van der Waals surface area contributed by atoms with Gasteiger partial charge in [0.15, 0.2) is 44.2 Å². The third-order valence-corrected chi connectivity index (χ3v) is 4.74. The van der Waals surface area contributed by atoms with Crippen LogP contribution in [0.25, 0.3) is 0 Å². The van der Waals surface area contributed by atoms with Crippen molar-refractivity contribution >= 4 is 0 Å². The summed E-state index contributed by atoms with van der Waals surface area (Å²) in [4.78, 5) is 0. The molecule has 0 bridgehead atoms. The van der Waals surface area contributed by atoms with Crippen molar-refractivity contribution in [2.24, 2.45) is 5.41 Å². The lowest BCUT2D eigenvalue weighted by Crippen LogP contribution is -2.57. The van der Waals surface area contributed by atoms with E-state index in [4.69, 9.17) is 9.47 Å². The summed E-state index contributed by atoms with van der Waals surface area (Å²) in [5.41, 5.74) is 0.949. The van der Waals surface area contributed by atoms with Crippen LogP contribution in [0.2, 0.25) is 0 Å². The van der Waals surface area contributed by atoms with Gasteiger partial charge in [-0.25, -0.2) is 9.13 Å². The lowest BCUT2D eigenvalue weighted by atomic mass is 9.88. The van der Waals surface area contributed by atoms with E-state index in [1.54, 1.807) is 0 Å². The predicted octanol–water partition coefficient (Wildman–Crippen LogP) is 2.69. The minimum Gasteiger partial charge on any atom is -0.347 e. The van der Waals surface area contributed by atoms with Crippen LogP contribution < -0.4 is 9.13 Å². The molecule has 26 heavy (non-hydrogen) atoms. The van der Waals surface area contributed by atoms with E-state index < -0.39 is 0 Å². The Morgan fingerprint density at radius 2 is 1.15 bits per heavy atom. The molecular formula is C22H24N2O2+2. The van der Waals surface area contributed by atoms with E-state index in [0.29, 0.717) is 13.2 Å². The van der Waals surface area contributed by atoms with Crippen molar-refractivity contribution in [2.45, 2.75) is 19.4 Å². The Morgan fingerprint density at radius 3 is 1.65 bits per heavy atom. The number of hydrogen-bond acceptors (Lipinski definition) is 2. The van der Waals surface area contributed by atoms with Gasteiger partial charge in [0, 0.05) is 29.8 Å². The fraction of sp³-hybridized carbons (Fsp3) is 0.273. The first kappa shape index (κ1) is 16.9. The Labute approximate surface area is 154 Å². The van der Waals surface area contributed by atoms with Crippen LogP contribution in [0.15, 0.2) is 91.5 Å². The molecule has 3 heterocycles. The van der Waals surface area contributed by atoms with Crippen molar-refractivity contribution in [3.05, 3.63) is 97.1 Å². The average molecular weight is 348 g/mol. The van der Waals surface area contributed by atoms with Crippen molar-refractivity contribution in [3.63, 3.8) is 0 Å². The second-order valence-electron chi connectivity index (χ2n) is 6.96. The van der Waals surface area contributed by atoms with Crippen molar-refractivity contribution < 1.29 is 18.6 Å². The van der Waals surface area contributed by atoms with E-state index in [1.807, 2.05) is 30.3 Å². The highest BCUT2D eigenvalue weighted by Crippen LogP contribution is 2.32. The molecule has 0 radical (unpaired) electrons. The van der Waals surface area contributed by atoms with Crippen LogP contribution in [-0.2, 0) is 22.6 Å². The molecule has 1 aliphatic rings. The summed E-state index contributed by atoms with van der Waals surface area (Å²) in [6, 6.07) is 22.4. The van der Waals surface area contributed by atoms with Gasteiger partial charge in [0.25, 0.3) is 0 Å². The smallest absolute Gasteiger partial charge is 0.183 e. The lowest BCUT2D eigenvalue weighted by Gasteiger charge is -2.36. The number of ether oxygens (including phenoxy) is 2. The van der Waals surface area contributed by atoms with Gasteiger partial charge < -0.3 is 9.47 Å². The summed E-state index contributed by atoms with van der Waals surface area (Å²) in [7, 11) is 0. The van der Waals surface area contributed by atoms with E-state index in [9.17, 15) is 0 Å². The Balaban J connectivity index is 1.54. The molecule has 0 N–H and O–H groups in total. The molecule has 1 aromatic carbocycles. The van der Waals surface area contributed by atoms with Crippen LogP contribution in [0.3, 0.4) is 0 Å². The van der Waals surface area contributed by atoms with E-state index in [1.165, 1.54) is 0 Å². The van der Waals surface area contributed by atoms with E-state index >= 15 is 0 Å².